The number of hydrogen-bond donors (Lipinski definition) is 1. The number of phenolic OH excluding ortho intramolecular Hbond substituents is 1. The summed E-state index contributed by atoms with van der Waals surface area (Å²) >= 11 is 7.47. The number of hydrogen-bond acceptors (Lipinski definition) is 4. The van der Waals surface area contributed by atoms with E-state index >= 15 is 0 Å². The van der Waals surface area contributed by atoms with Crippen molar-refractivity contribution >= 4 is 55.3 Å². The second-order valence-corrected chi connectivity index (χ2v) is 6.53. The Bertz CT molecular complexity index is 1060. The Morgan fingerprint density at radius 3 is 2.87 bits per heavy atom. The quantitative estimate of drug-likeness (QED) is 0.486. The number of fused-ring (bicyclic) bond motifs is 2. The Balaban J connectivity index is 1.79. The van der Waals surface area contributed by atoms with Crippen LogP contribution in [0.2, 0.25) is 5.02 Å². The first-order chi connectivity index (χ1) is 11.2. The van der Waals surface area contributed by atoms with Gasteiger partial charge in [-0.1, -0.05) is 53.3 Å². The predicted molar refractivity (Wildman–Crippen MR) is 97.5 cm³/mol. The van der Waals surface area contributed by atoms with Crippen molar-refractivity contribution in [1.82, 2.24) is 4.98 Å². The van der Waals surface area contributed by atoms with Crippen molar-refractivity contribution in [1.29, 1.82) is 0 Å². The van der Waals surface area contributed by atoms with Gasteiger partial charge in [0, 0.05) is 16.8 Å². The molecule has 4 rings (SSSR count). The molecule has 0 amide bonds. The van der Waals surface area contributed by atoms with E-state index in [4.69, 9.17) is 11.6 Å². The Kier molecular flexibility index (Phi) is 3.48. The minimum Gasteiger partial charge on any atom is -0.507 e. The average Bonchev–Trinajstić information content (AvgIpc) is 2.96. The molecule has 23 heavy (non-hydrogen) atoms. The molecule has 4 aromatic rings. The van der Waals surface area contributed by atoms with Crippen molar-refractivity contribution in [3.05, 3.63) is 65.2 Å². The monoisotopic (exact) mass is 338 g/mol. The van der Waals surface area contributed by atoms with Crippen molar-refractivity contribution in [2.45, 2.75) is 0 Å². The van der Waals surface area contributed by atoms with Crippen LogP contribution in [-0.4, -0.2) is 16.3 Å². The number of nitrogens with zero attached hydrogens (tertiary/aromatic N) is 2. The molecule has 0 saturated heterocycles. The number of benzene rings is 3. The molecule has 3 aromatic carbocycles. The minimum absolute atomic E-state index is 0.205. The van der Waals surface area contributed by atoms with Gasteiger partial charge in [-0.25, -0.2) is 9.98 Å². The second-order valence-electron chi connectivity index (χ2n) is 5.09. The number of halogens is 1. The molecule has 5 heteroatoms. The highest BCUT2D eigenvalue weighted by atomic mass is 35.5. The molecule has 112 valence electrons. The Hall–Kier alpha value is -2.43. The number of phenols is 1. The van der Waals surface area contributed by atoms with E-state index in [1.807, 2.05) is 48.5 Å². The van der Waals surface area contributed by atoms with Crippen LogP contribution in [0.1, 0.15) is 5.56 Å². The molecule has 0 aliphatic rings. The van der Waals surface area contributed by atoms with Crippen molar-refractivity contribution in [2.75, 3.05) is 0 Å². The van der Waals surface area contributed by atoms with Gasteiger partial charge in [-0.2, -0.15) is 0 Å². The van der Waals surface area contributed by atoms with Crippen molar-refractivity contribution in [2.24, 2.45) is 4.99 Å². The molecule has 1 aromatic heterocycles. The maximum atomic E-state index is 10.1. The number of aromatic nitrogens is 1. The lowest BCUT2D eigenvalue weighted by atomic mass is 10.0. The van der Waals surface area contributed by atoms with Crippen LogP contribution in [0.4, 0.5) is 5.13 Å². The van der Waals surface area contributed by atoms with Crippen LogP contribution < -0.4 is 0 Å². The summed E-state index contributed by atoms with van der Waals surface area (Å²) in [5, 5.41) is 13.4. The summed E-state index contributed by atoms with van der Waals surface area (Å²) in [5.74, 6) is 0.205. The van der Waals surface area contributed by atoms with E-state index in [0.717, 1.165) is 21.0 Å². The maximum absolute atomic E-state index is 10.1. The Morgan fingerprint density at radius 2 is 1.96 bits per heavy atom. The zero-order valence-electron chi connectivity index (χ0n) is 11.9. The van der Waals surface area contributed by atoms with Gasteiger partial charge in [0.1, 0.15) is 5.75 Å². The molecular weight excluding hydrogens is 328 g/mol. The molecule has 0 unspecified atom stereocenters. The van der Waals surface area contributed by atoms with Gasteiger partial charge in [-0.05, 0) is 35.0 Å². The second kappa shape index (κ2) is 5.65. The fourth-order valence-corrected chi connectivity index (χ4v) is 3.44. The van der Waals surface area contributed by atoms with E-state index in [1.165, 1.54) is 11.3 Å². The number of aromatic hydroxyl groups is 1. The highest BCUT2D eigenvalue weighted by Gasteiger charge is 2.06. The van der Waals surface area contributed by atoms with Gasteiger partial charge in [0.2, 0.25) is 5.13 Å². The van der Waals surface area contributed by atoms with Crippen molar-refractivity contribution < 1.29 is 5.11 Å². The summed E-state index contributed by atoms with van der Waals surface area (Å²) in [7, 11) is 0. The lowest BCUT2D eigenvalue weighted by Crippen LogP contribution is -1.85. The van der Waals surface area contributed by atoms with Crippen LogP contribution in [0.5, 0.6) is 5.75 Å². The summed E-state index contributed by atoms with van der Waals surface area (Å²) in [4.78, 5) is 8.89. The van der Waals surface area contributed by atoms with E-state index < -0.39 is 0 Å². The van der Waals surface area contributed by atoms with E-state index in [9.17, 15) is 5.11 Å². The largest absolute Gasteiger partial charge is 0.507 e. The Morgan fingerprint density at radius 1 is 1.09 bits per heavy atom. The molecule has 1 heterocycles. The van der Waals surface area contributed by atoms with Crippen LogP contribution in [0.25, 0.3) is 21.0 Å². The predicted octanol–water partition coefficient (Wildman–Crippen LogP) is 5.56. The highest BCUT2D eigenvalue weighted by Crippen LogP contribution is 2.31. The molecule has 0 aliphatic heterocycles. The van der Waals surface area contributed by atoms with Crippen LogP contribution in [0.3, 0.4) is 0 Å². The molecule has 0 bridgehead atoms. The number of aliphatic imine (C=N–C) groups is 1. The number of thiazole rings is 1. The Labute approximate surface area is 141 Å². The molecule has 0 saturated carbocycles. The molecule has 0 radical (unpaired) electrons. The van der Waals surface area contributed by atoms with Crippen LogP contribution in [0, 0.1) is 0 Å². The normalized spacial score (nSPS) is 11.7. The maximum Gasteiger partial charge on any atom is 0.210 e. The van der Waals surface area contributed by atoms with Crippen molar-refractivity contribution in [3.63, 3.8) is 0 Å². The summed E-state index contributed by atoms with van der Waals surface area (Å²) < 4.78 is 1.03. The van der Waals surface area contributed by atoms with Crippen LogP contribution >= 0.6 is 22.9 Å². The third-order valence-corrected chi connectivity index (χ3v) is 4.77. The fourth-order valence-electron chi connectivity index (χ4n) is 2.48. The standard InChI is InChI=1S/C18H11ClN2OS/c19-12-6-8-17-15(9-12)21-18(23-17)20-10-14-13-4-2-1-3-11(13)5-7-16(14)22/h1-10,22H. The first-order valence-electron chi connectivity index (χ1n) is 7.01. The zero-order chi connectivity index (χ0) is 15.8. The molecule has 1 N–H and O–H groups in total. The summed E-state index contributed by atoms with van der Waals surface area (Å²) in [6, 6.07) is 17.1. The van der Waals surface area contributed by atoms with E-state index in [2.05, 4.69) is 9.98 Å². The molecule has 3 nitrogen and oxygen atoms in total. The third-order valence-electron chi connectivity index (χ3n) is 3.59. The zero-order valence-corrected chi connectivity index (χ0v) is 13.5. The molecule has 0 fully saturated rings. The van der Waals surface area contributed by atoms with Crippen molar-refractivity contribution in [3.8, 4) is 5.75 Å². The average molecular weight is 339 g/mol. The molecule has 0 atom stereocenters. The summed E-state index contributed by atoms with van der Waals surface area (Å²) in [5.41, 5.74) is 1.53. The van der Waals surface area contributed by atoms with E-state index in [0.29, 0.717) is 15.7 Å². The highest BCUT2D eigenvalue weighted by molar-refractivity contribution is 7.22. The lowest BCUT2D eigenvalue weighted by molar-refractivity contribution is 0.475. The molecule has 0 spiro atoms. The minimum atomic E-state index is 0.205. The van der Waals surface area contributed by atoms with Crippen LogP contribution in [0.15, 0.2) is 59.6 Å². The summed E-state index contributed by atoms with van der Waals surface area (Å²) in [6.07, 6.45) is 1.66. The van der Waals surface area contributed by atoms with Gasteiger partial charge in [0.05, 0.1) is 10.2 Å². The molecule has 0 aliphatic carbocycles. The van der Waals surface area contributed by atoms with Gasteiger partial charge < -0.3 is 5.11 Å². The first-order valence-corrected chi connectivity index (χ1v) is 8.21. The summed E-state index contributed by atoms with van der Waals surface area (Å²) in [6.45, 7) is 0. The lowest BCUT2D eigenvalue weighted by Gasteiger charge is -2.03. The van der Waals surface area contributed by atoms with E-state index in [-0.39, 0.29) is 5.75 Å². The number of rotatable bonds is 2. The van der Waals surface area contributed by atoms with E-state index in [1.54, 1.807) is 12.3 Å². The third kappa shape index (κ3) is 2.67. The molecular formula is C18H11ClN2OS. The fraction of sp³-hybridized carbons (Fsp3) is 0. The smallest absolute Gasteiger partial charge is 0.210 e. The topological polar surface area (TPSA) is 45.5 Å². The van der Waals surface area contributed by atoms with Gasteiger partial charge in [-0.15, -0.1) is 0 Å². The van der Waals surface area contributed by atoms with Crippen LogP contribution in [-0.2, 0) is 0 Å². The first kappa shape index (κ1) is 14.2. The van der Waals surface area contributed by atoms with Gasteiger partial charge in [0.25, 0.3) is 0 Å². The van der Waals surface area contributed by atoms with Gasteiger partial charge >= 0.3 is 0 Å². The SMILES string of the molecule is Oc1ccc2ccccc2c1C=Nc1nc2cc(Cl)ccc2s1. The van der Waals surface area contributed by atoms with Gasteiger partial charge in [0.15, 0.2) is 0 Å². The van der Waals surface area contributed by atoms with Gasteiger partial charge in [-0.3, -0.25) is 0 Å².